The number of ether oxygens (including phenoxy) is 3. The summed E-state index contributed by atoms with van der Waals surface area (Å²) < 4.78 is 16.0. The second kappa shape index (κ2) is 8.92. The first-order valence-electron chi connectivity index (χ1n) is 8.04. The lowest BCUT2D eigenvalue weighted by atomic mass is 10.2. The van der Waals surface area contributed by atoms with Gasteiger partial charge in [-0.25, -0.2) is 0 Å². The van der Waals surface area contributed by atoms with E-state index in [0.717, 1.165) is 19.4 Å². The van der Waals surface area contributed by atoms with Crippen molar-refractivity contribution in [3.8, 4) is 11.5 Å². The zero-order valence-electron chi connectivity index (χ0n) is 14.6. The van der Waals surface area contributed by atoms with Crippen LogP contribution in [-0.4, -0.2) is 51.8 Å². The molecule has 1 saturated heterocycles. The van der Waals surface area contributed by atoms with Gasteiger partial charge < -0.3 is 19.5 Å². The molecule has 1 N–H and O–H groups in total. The Bertz CT molecular complexity index is 632. The Labute approximate surface area is 152 Å². The number of nitrogens with one attached hydrogen (secondary N) is 1. The van der Waals surface area contributed by atoms with Crippen molar-refractivity contribution < 1.29 is 23.8 Å². The monoisotopic (exact) mass is 370 g/mol. The number of hydrogen-bond acceptors (Lipinski definition) is 5. The van der Waals surface area contributed by atoms with Crippen LogP contribution in [0.5, 0.6) is 11.5 Å². The van der Waals surface area contributed by atoms with E-state index in [1.54, 1.807) is 12.1 Å². The second-order valence-corrected chi connectivity index (χ2v) is 6.11. The molecule has 1 unspecified atom stereocenters. The summed E-state index contributed by atoms with van der Waals surface area (Å²) in [5.41, 5.74) is 0.420. The van der Waals surface area contributed by atoms with Crippen LogP contribution in [0.3, 0.4) is 0 Å². The topological polar surface area (TPSA) is 77.1 Å². The minimum atomic E-state index is -0.296. The number of anilines is 1. The molecule has 2 amide bonds. The van der Waals surface area contributed by atoms with Crippen molar-refractivity contribution in [1.29, 1.82) is 0 Å². The van der Waals surface area contributed by atoms with Crippen molar-refractivity contribution in [1.82, 2.24) is 5.32 Å². The molecule has 1 aromatic carbocycles. The van der Waals surface area contributed by atoms with Crippen LogP contribution in [-0.2, 0) is 14.3 Å². The third kappa shape index (κ3) is 4.99. The van der Waals surface area contributed by atoms with Gasteiger partial charge in [0.2, 0.25) is 11.8 Å². The zero-order valence-corrected chi connectivity index (χ0v) is 15.4. The van der Waals surface area contributed by atoms with Crippen molar-refractivity contribution in [2.45, 2.75) is 25.9 Å². The molecule has 1 heterocycles. The Morgan fingerprint density at radius 1 is 1.32 bits per heavy atom. The fourth-order valence-electron chi connectivity index (χ4n) is 2.65. The number of rotatable bonds is 7. The van der Waals surface area contributed by atoms with Crippen LogP contribution in [0, 0.1) is 0 Å². The second-order valence-electron chi connectivity index (χ2n) is 5.70. The van der Waals surface area contributed by atoms with Crippen LogP contribution >= 0.6 is 11.6 Å². The highest BCUT2D eigenvalue weighted by atomic mass is 35.5. The predicted octanol–water partition coefficient (Wildman–Crippen LogP) is 2.01. The van der Waals surface area contributed by atoms with Gasteiger partial charge in [0, 0.05) is 32.2 Å². The van der Waals surface area contributed by atoms with Gasteiger partial charge in [0.15, 0.2) is 0 Å². The summed E-state index contributed by atoms with van der Waals surface area (Å²) in [6.45, 7) is 2.41. The third-order valence-electron chi connectivity index (χ3n) is 3.98. The van der Waals surface area contributed by atoms with Gasteiger partial charge in [0.1, 0.15) is 18.0 Å². The number of carbonyl (C=O) groups excluding carboxylic acids is 2. The Kier molecular flexibility index (Phi) is 6.90. The molecule has 0 radical (unpaired) electrons. The maximum absolute atomic E-state index is 12.3. The summed E-state index contributed by atoms with van der Waals surface area (Å²) >= 11 is 6.09. The molecular formula is C17H23ClN2O5. The highest BCUT2D eigenvalue weighted by Crippen LogP contribution is 2.38. The molecule has 25 heavy (non-hydrogen) atoms. The van der Waals surface area contributed by atoms with Crippen molar-refractivity contribution in [2.24, 2.45) is 0 Å². The van der Waals surface area contributed by atoms with Crippen molar-refractivity contribution in [2.75, 3.05) is 38.8 Å². The van der Waals surface area contributed by atoms with Crippen molar-refractivity contribution in [3.05, 3.63) is 17.2 Å². The van der Waals surface area contributed by atoms with Crippen LogP contribution in [0.15, 0.2) is 12.1 Å². The summed E-state index contributed by atoms with van der Waals surface area (Å²) in [6, 6.07) is 3.13. The highest BCUT2D eigenvalue weighted by Gasteiger charge is 2.23. The summed E-state index contributed by atoms with van der Waals surface area (Å²) in [6.07, 6.45) is 1.97. The average Bonchev–Trinajstić information content (AvgIpc) is 3.11. The van der Waals surface area contributed by atoms with E-state index in [4.69, 9.17) is 25.8 Å². The van der Waals surface area contributed by atoms with E-state index in [9.17, 15) is 9.59 Å². The largest absolute Gasteiger partial charge is 0.495 e. The number of methoxy groups -OCH3 is 2. The van der Waals surface area contributed by atoms with Gasteiger partial charge in [-0.15, -0.1) is 0 Å². The standard InChI is InChI=1S/C17H23ClN2O5/c1-11(21)20(10-17(22)19-9-12-5-4-6-25-12)14-8-15(23-2)13(18)7-16(14)24-3/h7-8,12H,4-6,9-10H2,1-3H3,(H,19,22). The van der Waals surface area contributed by atoms with E-state index >= 15 is 0 Å². The number of halogens is 1. The van der Waals surface area contributed by atoms with Crippen LogP contribution < -0.4 is 19.7 Å². The number of amides is 2. The predicted molar refractivity (Wildman–Crippen MR) is 94.6 cm³/mol. The first kappa shape index (κ1) is 19.3. The van der Waals surface area contributed by atoms with Gasteiger partial charge >= 0.3 is 0 Å². The van der Waals surface area contributed by atoms with E-state index in [-0.39, 0.29) is 24.5 Å². The van der Waals surface area contributed by atoms with E-state index in [0.29, 0.717) is 28.8 Å². The van der Waals surface area contributed by atoms with Gasteiger partial charge in [-0.1, -0.05) is 11.6 Å². The van der Waals surface area contributed by atoms with Crippen LogP contribution in [0.4, 0.5) is 5.69 Å². The molecular weight excluding hydrogens is 348 g/mol. The van der Waals surface area contributed by atoms with Crippen LogP contribution in [0.2, 0.25) is 5.02 Å². The molecule has 0 aromatic heterocycles. The minimum absolute atomic E-state index is 0.0416. The molecule has 7 nitrogen and oxygen atoms in total. The number of benzene rings is 1. The molecule has 2 rings (SSSR count). The molecule has 8 heteroatoms. The van der Waals surface area contributed by atoms with E-state index in [2.05, 4.69) is 5.32 Å². The maximum atomic E-state index is 12.3. The highest BCUT2D eigenvalue weighted by molar-refractivity contribution is 6.32. The van der Waals surface area contributed by atoms with Crippen molar-refractivity contribution in [3.63, 3.8) is 0 Å². The third-order valence-corrected chi connectivity index (χ3v) is 4.27. The molecule has 0 bridgehead atoms. The molecule has 1 aliphatic rings. The first-order chi connectivity index (χ1) is 12.0. The Morgan fingerprint density at radius 2 is 2.04 bits per heavy atom. The van der Waals surface area contributed by atoms with E-state index in [1.165, 1.54) is 26.0 Å². The number of nitrogens with zero attached hydrogens (tertiary/aromatic N) is 1. The van der Waals surface area contributed by atoms with Crippen molar-refractivity contribution >= 4 is 29.1 Å². The molecule has 0 saturated carbocycles. The fourth-order valence-corrected chi connectivity index (χ4v) is 2.88. The van der Waals surface area contributed by atoms with E-state index in [1.807, 2.05) is 0 Å². The average molecular weight is 371 g/mol. The summed E-state index contributed by atoms with van der Waals surface area (Å²) in [4.78, 5) is 25.7. The van der Waals surface area contributed by atoms with Gasteiger partial charge in [-0.2, -0.15) is 0 Å². The normalized spacial score (nSPS) is 16.4. The quantitative estimate of drug-likeness (QED) is 0.794. The summed E-state index contributed by atoms with van der Waals surface area (Å²) in [5, 5.41) is 3.16. The van der Waals surface area contributed by atoms with Crippen LogP contribution in [0.25, 0.3) is 0 Å². The van der Waals surface area contributed by atoms with Gasteiger partial charge in [-0.3, -0.25) is 14.5 Å². The lowest BCUT2D eigenvalue weighted by molar-refractivity contribution is -0.123. The molecule has 0 spiro atoms. The van der Waals surface area contributed by atoms with E-state index < -0.39 is 0 Å². The molecule has 1 aromatic rings. The number of carbonyl (C=O) groups is 2. The SMILES string of the molecule is COc1cc(N(CC(=O)NCC2CCCO2)C(C)=O)c(OC)cc1Cl. The Morgan fingerprint density at radius 3 is 2.60 bits per heavy atom. The van der Waals surface area contributed by atoms with Gasteiger partial charge in [0.25, 0.3) is 0 Å². The first-order valence-corrected chi connectivity index (χ1v) is 8.42. The van der Waals surface area contributed by atoms with Gasteiger partial charge in [0.05, 0.1) is 31.0 Å². The summed E-state index contributed by atoms with van der Waals surface area (Å²) in [5.74, 6) is 0.202. The fraction of sp³-hybridized carbons (Fsp3) is 0.529. The maximum Gasteiger partial charge on any atom is 0.240 e. The molecule has 0 aliphatic carbocycles. The lowest BCUT2D eigenvalue weighted by Gasteiger charge is -2.24. The minimum Gasteiger partial charge on any atom is -0.495 e. The number of hydrogen-bond donors (Lipinski definition) is 1. The Hall–Kier alpha value is -1.99. The molecule has 1 aliphatic heterocycles. The Balaban J connectivity index is 2.14. The molecule has 1 atom stereocenters. The zero-order chi connectivity index (χ0) is 18.4. The molecule has 138 valence electrons. The lowest BCUT2D eigenvalue weighted by Crippen LogP contribution is -2.42. The molecule has 1 fully saturated rings. The smallest absolute Gasteiger partial charge is 0.240 e. The van der Waals surface area contributed by atoms with Crippen LogP contribution in [0.1, 0.15) is 19.8 Å². The van der Waals surface area contributed by atoms with Gasteiger partial charge in [-0.05, 0) is 12.8 Å². The summed E-state index contributed by atoms with van der Waals surface area (Å²) in [7, 11) is 2.95.